The van der Waals surface area contributed by atoms with Crippen LogP contribution in [0.1, 0.15) is 24.4 Å². The lowest BCUT2D eigenvalue weighted by molar-refractivity contribution is -0.0476. The summed E-state index contributed by atoms with van der Waals surface area (Å²) in [5.74, 6) is 1.15. The van der Waals surface area contributed by atoms with Gasteiger partial charge in [0.25, 0.3) is 0 Å². The van der Waals surface area contributed by atoms with Crippen LogP contribution in [0.4, 0.5) is 0 Å². The number of morpholine rings is 1. The SMILES string of the molecule is c1ccc2c(c1)SCC2NCC1CN2CCCC2CO1. The molecule has 2 fully saturated rings. The minimum atomic E-state index is 0.363. The van der Waals surface area contributed by atoms with Gasteiger partial charge in [-0.3, -0.25) is 4.90 Å². The van der Waals surface area contributed by atoms with Gasteiger partial charge in [-0.25, -0.2) is 0 Å². The van der Waals surface area contributed by atoms with Crippen LogP contribution in [0.5, 0.6) is 0 Å². The standard InChI is InChI=1S/C16H22N2OS/c1-2-6-16-14(5-1)15(11-20-16)17-8-13-9-18-7-3-4-12(18)10-19-13/h1-2,5-6,12-13,15,17H,3-4,7-11H2. The summed E-state index contributed by atoms with van der Waals surface area (Å²) in [5, 5.41) is 3.71. The molecule has 1 aromatic carbocycles. The van der Waals surface area contributed by atoms with E-state index >= 15 is 0 Å². The predicted octanol–water partition coefficient (Wildman–Crippen LogP) is 2.29. The molecule has 3 nitrogen and oxygen atoms in total. The molecule has 3 heterocycles. The van der Waals surface area contributed by atoms with E-state index in [4.69, 9.17) is 4.74 Å². The molecule has 3 aliphatic heterocycles. The summed E-state index contributed by atoms with van der Waals surface area (Å²) in [6.07, 6.45) is 3.04. The monoisotopic (exact) mass is 290 g/mol. The molecule has 0 radical (unpaired) electrons. The Morgan fingerprint density at radius 1 is 1.35 bits per heavy atom. The average Bonchev–Trinajstić information content (AvgIpc) is 3.11. The second kappa shape index (κ2) is 5.68. The highest BCUT2D eigenvalue weighted by Crippen LogP contribution is 2.37. The molecule has 20 heavy (non-hydrogen) atoms. The minimum absolute atomic E-state index is 0.363. The first-order chi connectivity index (χ1) is 9.90. The quantitative estimate of drug-likeness (QED) is 0.923. The van der Waals surface area contributed by atoms with Gasteiger partial charge in [-0.15, -0.1) is 11.8 Å². The van der Waals surface area contributed by atoms with E-state index in [1.165, 1.54) is 29.8 Å². The van der Waals surface area contributed by atoms with Gasteiger partial charge >= 0.3 is 0 Å². The fraction of sp³-hybridized carbons (Fsp3) is 0.625. The van der Waals surface area contributed by atoms with E-state index in [-0.39, 0.29) is 0 Å². The van der Waals surface area contributed by atoms with Gasteiger partial charge in [-0.05, 0) is 31.0 Å². The molecule has 3 unspecified atom stereocenters. The Labute approximate surface area is 125 Å². The number of rotatable bonds is 3. The molecule has 0 bridgehead atoms. The van der Waals surface area contributed by atoms with Gasteiger partial charge in [0.05, 0.1) is 12.7 Å². The lowest BCUT2D eigenvalue weighted by Gasteiger charge is -2.35. The van der Waals surface area contributed by atoms with Crippen LogP contribution in [0, 0.1) is 0 Å². The minimum Gasteiger partial charge on any atom is -0.374 e. The Hall–Kier alpha value is -0.550. The molecule has 0 aromatic heterocycles. The fourth-order valence-corrected chi connectivity index (χ4v) is 4.81. The zero-order valence-electron chi connectivity index (χ0n) is 11.8. The molecule has 0 amide bonds. The maximum atomic E-state index is 6.03. The van der Waals surface area contributed by atoms with E-state index in [1.54, 1.807) is 0 Å². The first kappa shape index (κ1) is 13.1. The van der Waals surface area contributed by atoms with Crippen molar-refractivity contribution >= 4 is 11.8 Å². The van der Waals surface area contributed by atoms with Crippen LogP contribution < -0.4 is 5.32 Å². The van der Waals surface area contributed by atoms with Crippen LogP contribution in [-0.4, -0.2) is 49.0 Å². The topological polar surface area (TPSA) is 24.5 Å². The van der Waals surface area contributed by atoms with Crippen molar-refractivity contribution in [2.24, 2.45) is 0 Å². The van der Waals surface area contributed by atoms with Gasteiger partial charge in [-0.2, -0.15) is 0 Å². The van der Waals surface area contributed by atoms with Crippen molar-refractivity contribution in [1.29, 1.82) is 0 Å². The van der Waals surface area contributed by atoms with E-state index in [1.807, 2.05) is 11.8 Å². The Morgan fingerprint density at radius 2 is 2.30 bits per heavy atom. The molecule has 4 rings (SSSR count). The molecular formula is C16H22N2OS. The van der Waals surface area contributed by atoms with Crippen molar-refractivity contribution in [2.75, 3.05) is 32.0 Å². The summed E-state index contributed by atoms with van der Waals surface area (Å²) in [6, 6.07) is 9.96. The summed E-state index contributed by atoms with van der Waals surface area (Å²) in [5.41, 5.74) is 1.47. The van der Waals surface area contributed by atoms with Crippen molar-refractivity contribution in [3.63, 3.8) is 0 Å². The van der Waals surface area contributed by atoms with Gasteiger partial charge in [0.15, 0.2) is 0 Å². The first-order valence-corrected chi connectivity index (χ1v) is 8.69. The Kier molecular flexibility index (Phi) is 3.73. The van der Waals surface area contributed by atoms with E-state index in [0.29, 0.717) is 18.2 Å². The van der Waals surface area contributed by atoms with Gasteiger partial charge in [0.1, 0.15) is 0 Å². The first-order valence-electron chi connectivity index (χ1n) is 7.71. The molecule has 1 N–H and O–H groups in total. The summed E-state index contributed by atoms with van der Waals surface area (Å²) < 4.78 is 6.03. The number of fused-ring (bicyclic) bond motifs is 2. The van der Waals surface area contributed by atoms with Crippen molar-refractivity contribution < 1.29 is 4.74 Å². The fourth-order valence-electron chi connectivity index (χ4n) is 3.61. The van der Waals surface area contributed by atoms with Crippen LogP contribution >= 0.6 is 11.8 Å². The van der Waals surface area contributed by atoms with Crippen LogP contribution in [0.3, 0.4) is 0 Å². The van der Waals surface area contributed by atoms with E-state index in [2.05, 4.69) is 34.5 Å². The third kappa shape index (κ3) is 2.50. The molecule has 1 aromatic rings. The second-order valence-electron chi connectivity index (χ2n) is 6.06. The van der Waals surface area contributed by atoms with Crippen molar-refractivity contribution in [3.8, 4) is 0 Å². The summed E-state index contributed by atoms with van der Waals surface area (Å²) in [4.78, 5) is 4.06. The van der Waals surface area contributed by atoms with E-state index in [9.17, 15) is 0 Å². The van der Waals surface area contributed by atoms with Crippen LogP contribution in [-0.2, 0) is 4.74 Å². The molecular weight excluding hydrogens is 268 g/mol. The lowest BCUT2D eigenvalue weighted by Crippen LogP contribution is -2.49. The number of hydrogen-bond donors (Lipinski definition) is 1. The number of benzene rings is 1. The maximum Gasteiger partial charge on any atom is 0.0827 e. The van der Waals surface area contributed by atoms with Gasteiger partial charge in [-0.1, -0.05) is 18.2 Å². The normalized spacial score (nSPS) is 33.1. The van der Waals surface area contributed by atoms with Gasteiger partial charge in [0, 0.05) is 35.8 Å². The molecule has 0 aliphatic carbocycles. The lowest BCUT2D eigenvalue weighted by atomic mass is 10.1. The number of nitrogens with one attached hydrogen (secondary N) is 1. The molecule has 3 atom stereocenters. The number of ether oxygens (including phenoxy) is 1. The van der Waals surface area contributed by atoms with E-state index in [0.717, 1.165) is 25.4 Å². The third-order valence-corrected chi connectivity index (χ3v) is 5.94. The molecule has 3 aliphatic rings. The Bertz CT molecular complexity index is 481. The molecule has 0 saturated carbocycles. The highest BCUT2D eigenvalue weighted by Gasteiger charge is 2.32. The van der Waals surface area contributed by atoms with Crippen LogP contribution in [0.15, 0.2) is 29.2 Å². The Balaban J connectivity index is 1.33. The second-order valence-corrected chi connectivity index (χ2v) is 7.12. The largest absolute Gasteiger partial charge is 0.374 e. The van der Waals surface area contributed by atoms with Crippen LogP contribution in [0.2, 0.25) is 0 Å². The average molecular weight is 290 g/mol. The highest BCUT2D eigenvalue weighted by molar-refractivity contribution is 7.99. The van der Waals surface area contributed by atoms with Gasteiger partial charge < -0.3 is 10.1 Å². The molecule has 2 saturated heterocycles. The van der Waals surface area contributed by atoms with Crippen molar-refractivity contribution in [1.82, 2.24) is 10.2 Å². The number of hydrogen-bond acceptors (Lipinski definition) is 4. The summed E-state index contributed by atoms with van der Waals surface area (Å²) in [6.45, 7) is 4.29. The van der Waals surface area contributed by atoms with Crippen molar-refractivity contribution in [3.05, 3.63) is 29.8 Å². The zero-order valence-corrected chi connectivity index (χ0v) is 12.6. The molecule has 0 spiro atoms. The number of nitrogens with zero attached hydrogens (tertiary/aromatic N) is 1. The maximum absolute atomic E-state index is 6.03. The van der Waals surface area contributed by atoms with Gasteiger partial charge in [0.2, 0.25) is 0 Å². The molecule has 108 valence electrons. The Morgan fingerprint density at radius 3 is 3.30 bits per heavy atom. The highest BCUT2D eigenvalue weighted by atomic mass is 32.2. The summed E-state index contributed by atoms with van der Waals surface area (Å²) in [7, 11) is 0. The predicted molar refractivity (Wildman–Crippen MR) is 82.2 cm³/mol. The van der Waals surface area contributed by atoms with E-state index < -0.39 is 0 Å². The third-order valence-electron chi connectivity index (χ3n) is 4.75. The van der Waals surface area contributed by atoms with Crippen molar-refractivity contribution in [2.45, 2.75) is 35.9 Å². The molecule has 4 heteroatoms. The van der Waals surface area contributed by atoms with Crippen LogP contribution in [0.25, 0.3) is 0 Å². The number of thioether (sulfide) groups is 1. The summed E-state index contributed by atoms with van der Waals surface area (Å²) >= 11 is 1.96. The smallest absolute Gasteiger partial charge is 0.0827 e. The zero-order chi connectivity index (χ0) is 13.4.